The predicted octanol–water partition coefficient (Wildman–Crippen LogP) is 5.42. The molecular formula is C19H37NO3. The van der Waals surface area contributed by atoms with Crippen LogP contribution in [-0.4, -0.2) is 25.8 Å². The van der Waals surface area contributed by atoms with Gasteiger partial charge >= 0.3 is 0 Å². The Morgan fingerprint density at radius 2 is 1.30 bits per heavy atom. The third-order valence-electron chi connectivity index (χ3n) is 4.05. The lowest BCUT2D eigenvalue weighted by Gasteiger charge is -2.39. The molecular weight excluding hydrogens is 290 g/mol. The number of ether oxygens (including phenoxy) is 3. The fourth-order valence-corrected chi connectivity index (χ4v) is 2.99. The van der Waals surface area contributed by atoms with E-state index in [1.807, 2.05) is 20.8 Å². The fourth-order valence-electron chi connectivity index (χ4n) is 2.99. The first-order valence-electron chi connectivity index (χ1n) is 9.49. The van der Waals surface area contributed by atoms with E-state index >= 15 is 0 Å². The van der Waals surface area contributed by atoms with E-state index in [9.17, 15) is 0 Å². The van der Waals surface area contributed by atoms with Crippen LogP contribution < -0.4 is 0 Å². The van der Waals surface area contributed by atoms with Crippen molar-refractivity contribution in [2.24, 2.45) is 5.92 Å². The van der Waals surface area contributed by atoms with E-state index in [-0.39, 0.29) is 5.92 Å². The van der Waals surface area contributed by atoms with Crippen LogP contribution >= 0.6 is 0 Å². The highest BCUT2D eigenvalue weighted by molar-refractivity contribution is 4.78. The molecule has 0 aliphatic carbocycles. The summed E-state index contributed by atoms with van der Waals surface area (Å²) in [6.07, 6.45) is 9.79. The molecule has 0 bridgehead atoms. The van der Waals surface area contributed by atoms with E-state index in [0.29, 0.717) is 26.2 Å². The van der Waals surface area contributed by atoms with Gasteiger partial charge in [-0.2, -0.15) is 5.26 Å². The van der Waals surface area contributed by atoms with Crippen molar-refractivity contribution in [1.82, 2.24) is 0 Å². The molecule has 4 nitrogen and oxygen atoms in total. The summed E-state index contributed by atoms with van der Waals surface area (Å²) in [6, 6.07) is 2.25. The van der Waals surface area contributed by atoms with E-state index in [0.717, 1.165) is 19.3 Å². The standard InChI is InChI=1S/C19H37NO3/c1-5-9-10-11-12-13-15-18(16-14-17-20)19(21-6-2,22-7-3)23-8-4/h18H,5-16H2,1-4H3. The Labute approximate surface area is 143 Å². The van der Waals surface area contributed by atoms with Crippen molar-refractivity contribution in [2.45, 2.75) is 91.5 Å². The minimum atomic E-state index is -0.988. The second-order valence-corrected chi connectivity index (χ2v) is 5.85. The van der Waals surface area contributed by atoms with Gasteiger partial charge in [-0.15, -0.1) is 0 Å². The zero-order valence-corrected chi connectivity index (χ0v) is 15.7. The predicted molar refractivity (Wildman–Crippen MR) is 93.9 cm³/mol. The Hall–Kier alpha value is -0.630. The molecule has 0 aliphatic heterocycles. The minimum absolute atomic E-state index is 0.105. The van der Waals surface area contributed by atoms with Gasteiger partial charge in [0.1, 0.15) is 0 Å². The highest BCUT2D eigenvalue weighted by atomic mass is 16.9. The molecule has 23 heavy (non-hydrogen) atoms. The van der Waals surface area contributed by atoms with Crippen LogP contribution in [0.2, 0.25) is 0 Å². The zero-order chi connectivity index (χ0) is 17.4. The lowest BCUT2D eigenvalue weighted by Crippen LogP contribution is -2.46. The molecule has 0 rings (SSSR count). The number of unbranched alkanes of at least 4 members (excludes halogenated alkanes) is 5. The van der Waals surface area contributed by atoms with Gasteiger partial charge in [0, 0.05) is 32.2 Å². The molecule has 0 amide bonds. The topological polar surface area (TPSA) is 51.5 Å². The van der Waals surface area contributed by atoms with Crippen LogP contribution in [0.1, 0.15) is 85.5 Å². The van der Waals surface area contributed by atoms with Gasteiger partial charge in [-0.1, -0.05) is 45.4 Å². The highest BCUT2D eigenvalue weighted by Gasteiger charge is 2.41. The van der Waals surface area contributed by atoms with Crippen molar-refractivity contribution in [2.75, 3.05) is 19.8 Å². The Kier molecular flexibility index (Phi) is 14.5. The molecule has 0 aromatic heterocycles. The summed E-state index contributed by atoms with van der Waals surface area (Å²) >= 11 is 0. The van der Waals surface area contributed by atoms with Gasteiger partial charge in [0.05, 0.1) is 6.07 Å². The monoisotopic (exact) mass is 327 g/mol. The summed E-state index contributed by atoms with van der Waals surface area (Å²) in [6.45, 7) is 9.73. The maximum atomic E-state index is 8.97. The summed E-state index contributed by atoms with van der Waals surface area (Å²) in [7, 11) is 0. The zero-order valence-electron chi connectivity index (χ0n) is 15.7. The van der Waals surface area contributed by atoms with E-state index < -0.39 is 5.97 Å². The van der Waals surface area contributed by atoms with Gasteiger partial charge in [-0.25, -0.2) is 0 Å². The van der Waals surface area contributed by atoms with Gasteiger partial charge < -0.3 is 14.2 Å². The number of nitriles is 1. The molecule has 0 aromatic rings. The molecule has 0 spiro atoms. The molecule has 1 atom stereocenters. The molecule has 136 valence electrons. The first-order valence-corrected chi connectivity index (χ1v) is 9.49. The van der Waals surface area contributed by atoms with Crippen LogP contribution in [0.15, 0.2) is 0 Å². The van der Waals surface area contributed by atoms with Crippen LogP contribution in [0.4, 0.5) is 0 Å². The first kappa shape index (κ1) is 22.4. The quantitative estimate of drug-likeness (QED) is 0.280. The largest absolute Gasteiger partial charge is 0.328 e. The van der Waals surface area contributed by atoms with Gasteiger partial charge in [0.25, 0.3) is 5.97 Å². The maximum absolute atomic E-state index is 8.97. The van der Waals surface area contributed by atoms with Crippen LogP contribution in [0, 0.1) is 17.2 Å². The molecule has 0 fully saturated rings. The molecule has 1 unspecified atom stereocenters. The molecule has 0 heterocycles. The van der Waals surface area contributed by atoms with Crippen LogP contribution in [0.25, 0.3) is 0 Å². The summed E-state index contributed by atoms with van der Waals surface area (Å²) in [5.41, 5.74) is 0. The van der Waals surface area contributed by atoms with Crippen molar-refractivity contribution in [3.8, 4) is 6.07 Å². The van der Waals surface area contributed by atoms with Gasteiger partial charge in [-0.05, 0) is 33.6 Å². The van der Waals surface area contributed by atoms with Crippen LogP contribution in [0.3, 0.4) is 0 Å². The second-order valence-electron chi connectivity index (χ2n) is 5.85. The number of rotatable bonds is 16. The summed E-state index contributed by atoms with van der Waals surface area (Å²) in [5.74, 6) is -0.883. The highest BCUT2D eigenvalue weighted by Crippen LogP contribution is 2.33. The van der Waals surface area contributed by atoms with Crippen molar-refractivity contribution in [3.63, 3.8) is 0 Å². The van der Waals surface area contributed by atoms with E-state index in [1.165, 1.54) is 32.1 Å². The van der Waals surface area contributed by atoms with Crippen molar-refractivity contribution in [3.05, 3.63) is 0 Å². The number of hydrogen-bond donors (Lipinski definition) is 0. The molecule has 0 saturated carbocycles. The molecule has 0 aromatic carbocycles. The summed E-state index contributed by atoms with van der Waals surface area (Å²) in [5, 5.41) is 8.97. The van der Waals surface area contributed by atoms with E-state index in [4.69, 9.17) is 19.5 Å². The Morgan fingerprint density at radius 3 is 1.78 bits per heavy atom. The first-order chi connectivity index (χ1) is 11.2. The molecule has 0 saturated heterocycles. The van der Waals surface area contributed by atoms with Crippen molar-refractivity contribution in [1.29, 1.82) is 5.26 Å². The lowest BCUT2D eigenvalue weighted by molar-refractivity contribution is -0.403. The minimum Gasteiger partial charge on any atom is -0.328 e. The van der Waals surface area contributed by atoms with Gasteiger partial charge in [0.15, 0.2) is 0 Å². The van der Waals surface area contributed by atoms with Gasteiger partial charge in [-0.3, -0.25) is 0 Å². The molecule has 0 N–H and O–H groups in total. The van der Waals surface area contributed by atoms with E-state index in [1.54, 1.807) is 0 Å². The molecule has 0 radical (unpaired) electrons. The lowest BCUT2D eigenvalue weighted by atomic mass is 9.93. The third-order valence-corrected chi connectivity index (χ3v) is 4.05. The smallest absolute Gasteiger partial charge is 0.285 e. The van der Waals surface area contributed by atoms with Crippen molar-refractivity contribution >= 4 is 0 Å². The summed E-state index contributed by atoms with van der Waals surface area (Å²) < 4.78 is 17.7. The Bertz CT molecular complexity index is 284. The van der Waals surface area contributed by atoms with Gasteiger partial charge in [0.2, 0.25) is 0 Å². The number of nitrogens with zero attached hydrogens (tertiary/aromatic N) is 1. The second kappa shape index (κ2) is 14.9. The molecule has 4 heteroatoms. The number of hydrogen-bond acceptors (Lipinski definition) is 4. The average molecular weight is 328 g/mol. The SMILES string of the molecule is CCCCCCCCC(CCC#N)C(OCC)(OCC)OCC. The van der Waals surface area contributed by atoms with E-state index in [2.05, 4.69) is 13.0 Å². The Morgan fingerprint density at radius 1 is 0.783 bits per heavy atom. The summed E-state index contributed by atoms with van der Waals surface area (Å²) in [4.78, 5) is 0. The van der Waals surface area contributed by atoms with Crippen LogP contribution in [-0.2, 0) is 14.2 Å². The normalized spacial score (nSPS) is 13.0. The third kappa shape index (κ3) is 9.30. The maximum Gasteiger partial charge on any atom is 0.285 e. The van der Waals surface area contributed by atoms with Crippen molar-refractivity contribution < 1.29 is 14.2 Å². The fraction of sp³-hybridized carbons (Fsp3) is 0.947. The average Bonchev–Trinajstić information content (AvgIpc) is 2.54. The van der Waals surface area contributed by atoms with Crippen LogP contribution in [0.5, 0.6) is 0 Å². The Balaban J connectivity index is 4.72. The molecule has 0 aliphatic rings.